The van der Waals surface area contributed by atoms with Gasteiger partial charge < -0.3 is 20.8 Å². The third-order valence-electron chi connectivity index (χ3n) is 2.26. The number of anilines is 1. The van der Waals surface area contributed by atoms with Gasteiger partial charge in [0.2, 0.25) is 0 Å². The fourth-order valence-corrected chi connectivity index (χ4v) is 1.34. The van der Waals surface area contributed by atoms with Crippen molar-refractivity contribution in [3.05, 3.63) is 12.0 Å². The number of aromatic nitrogens is 2. The minimum Gasteiger partial charge on any atom is -0.374 e. The summed E-state index contributed by atoms with van der Waals surface area (Å²) in [6, 6.07) is 0. The standard InChI is InChI=1S/C11H20N4O2/c1-4-5-17-11(2,3)6-13-10-8(9(12)16)14-7-15-10/h7,13H,4-6H2,1-3H3,(H2,12,16)(H,14,15). The Labute approximate surface area is 101 Å². The number of primary amides is 1. The lowest BCUT2D eigenvalue weighted by atomic mass is 10.1. The molecule has 0 atom stereocenters. The van der Waals surface area contributed by atoms with Gasteiger partial charge in [0.15, 0.2) is 5.82 Å². The van der Waals surface area contributed by atoms with Crippen LogP contribution in [0, 0.1) is 0 Å². The van der Waals surface area contributed by atoms with Crippen LogP contribution in [0.15, 0.2) is 6.33 Å². The number of H-pyrrole nitrogens is 1. The first-order valence-electron chi connectivity index (χ1n) is 5.67. The highest BCUT2D eigenvalue weighted by Crippen LogP contribution is 2.13. The van der Waals surface area contributed by atoms with Crippen LogP contribution >= 0.6 is 0 Å². The summed E-state index contributed by atoms with van der Waals surface area (Å²) >= 11 is 0. The Morgan fingerprint density at radius 3 is 2.94 bits per heavy atom. The van der Waals surface area contributed by atoms with E-state index in [1.165, 1.54) is 6.33 Å². The van der Waals surface area contributed by atoms with Gasteiger partial charge in [-0.2, -0.15) is 0 Å². The average Bonchev–Trinajstić information content (AvgIpc) is 2.72. The number of ether oxygens (including phenoxy) is 1. The number of carbonyl (C=O) groups excluding carboxylic acids is 1. The van der Waals surface area contributed by atoms with Gasteiger partial charge in [-0.15, -0.1) is 0 Å². The first-order valence-corrected chi connectivity index (χ1v) is 5.67. The molecule has 0 fully saturated rings. The van der Waals surface area contributed by atoms with Crippen molar-refractivity contribution in [1.82, 2.24) is 9.97 Å². The van der Waals surface area contributed by atoms with Gasteiger partial charge in [0, 0.05) is 13.2 Å². The van der Waals surface area contributed by atoms with Gasteiger partial charge in [-0.3, -0.25) is 4.79 Å². The van der Waals surface area contributed by atoms with Crippen LogP contribution in [0.5, 0.6) is 0 Å². The summed E-state index contributed by atoms with van der Waals surface area (Å²) in [6.45, 7) is 7.27. The quantitative estimate of drug-likeness (QED) is 0.666. The summed E-state index contributed by atoms with van der Waals surface area (Å²) in [5.41, 5.74) is 5.17. The Bertz CT molecular complexity index is 373. The molecule has 0 aliphatic carbocycles. The first-order chi connectivity index (χ1) is 7.96. The maximum Gasteiger partial charge on any atom is 0.269 e. The zero-order chi connectivity index (χ0) is 12.9. The Morgan fingerprint density at radius 1 is 1.65 bits per heavy atom. The van der Waals surface area contributed by atoms with Crippen molar-refractivity contribution < 1.29 is 9.53 Å². The molecule has 1 amide bonds. The first kappa shape index (κ1) is 13.5. The molecular weight excluding hydrogens is 220 g/mol. The number of amides is 1. The SMILES string of the molecule is CCCOC(C)(C)CNc1nc[nH]c1C(N)=O. The third kappa shape index (κ3) is 4.07. The molecule has 0 saturated carbocycles. The lowest BCUT2D eigenvalue weighted by molar-refractivity contribution is -0.00685. The highest BCUT2D eigenvalue weighted by atomic mass is 16.5. The molecule has 0 aliphatic rings. The molecule has 1 aromatic rings. The van der Waals surface area contributed by atoms with Crippen LogP contribution in [0.4, 0.5) is 5.82 Å². The second kappa shape index (κ2) is 5.67. The van der Waals surface area contributed by atoms with E-state index in [-0.39, 0.29) is 11.3 Å². The van der Waals surface area contributed by atoms with Crippen LogP contribution in [-0.2, 0) is 4.74 Å². The summed E-state index contributed by atoms with van der Waals surface area (Å²) in [6.07, 6.45) is 2.40. The topological polar surface area (TPSA) is 93.0 Å². The third-order valence-corrected chi connectivity index (χ3v) is 2.26. The van der Waals surface area contributed by atoms with Crippen LogP contribution in [-0.4, -0.2) is 34.6 Å². The van der Waals surface area contributed by atoms with Crippen LogP contribution < -0.4 is 11.1 Å². The second-order valence-corrected chi connectivity index (χ2v) is 4.45. The summed E-state index contributed by atoms with van der Waals surface area (Å²) < 4.78 is 5.66. The molecule has 96 valence electrons. The molecule has 0 radical (unpaired) electrons. The van der Waals surface area contributed by atoms with Crippen molar-refractivity contribution in [1.29, 1.82) is 0 Å². The van der Waals surface area contributed by atoms with Gasteiger partial charge in [0.1, 0.15) is 5.69 Å². The lowest BCUT2D eigenvalue weighted by Gasteiger charge is -2.25. The van der Waals surface area contributed by atoms with E-state index in [1.54, 1.807) is 0 Å². The summed E-state index contributed by atoms with van der Waals surface area (Å²) in [4.78, 5) is 17.8. The molecule has 0 spiro atoms. The molecule has 17 heavy (non-hydrogen) atoms. The number of nitrogens with zero attached hydrogens (tertiary/aromatic N) is 1. The maximum atomic E-state index is 11.1. The molecule has 0 saturated heterocycles. The van der Waals surface area contributed by atoms with E-state index < -0.39 is 5.91 Å². The number of imidazole rings is 1. The molecule has 1 rings (SSSR count). The number of hydrogen-bond donors (Lipinski definition) is 3. The predicted octanol–water partition coefficient (Wildman–Crippen LogP) is 1.13. The van der Waals surface area contributed by atoms with Gasteiger partial charge >= 0.3 is 0 Å². The van der Waals surface area contributed by atoms with Crippen molar-refractivity contribution in [2.24, 2.45) is 5.73 Å². The molecule has 0 unspecified atom stereocenters. The molecule has 0 bridgehead atoms. The Balaban J connectivity index is 2.54. The van der Waals surface area contributed by atoms with E-state index in [2.05, 4.69) is 22.2 Å². The van der Waals surface area contributed by atoms with Gasteiger partial charge in [-0.05, 0) is 20.3 Å². The largest absolute Gasteiger partial charge is 0.374 e. The smallest absolute Gasteiger partial charge is 0.269 e. The fraction of sp³-hybridized carbons (Fsp3) is 0.636. The van der Waals surface area contributed by atoms with Gasteiger partial charge in [-0.1, -0.05) is 6.92 Å². The molecule has 0 aromatic carbocycles. The van der Waals surface area contributed by atoms with Gasteiger partial charge in [-0.25, -0.2) is 4.98 Å². The molecule has 6 heteroatoms. The highest BCUT2D eigenvalue weighted by Gasteiger charge is 2.19. The van der Waals surface area contributed by atoms with E-state index in [1.807, 2.05) is 13.8 Å². The van der Waals surface area contributed by atoms with Crippen molar-refractivity contribution in [3.63, 3.8) is 0 Å². The number of carbonyl (C=O) groups is 1. The number of nitrogens with one attached hydrogen (secondary N) is 2. The Hall–Kier alpha value is -1.56. The lowest BCUT2D eigenvalue weighted by Crippen LogP contribution is -2.34. The van der Waals surface area contributed by atoms with Crippen LogP contribution in [0.2, 0.25) is 0 Å². The van der Waals surface area contributed by atoms with Gasteiger partial charge in [0.05, 0.1) is 11.9 Å². The molecule has 0 aliphatic heterocycles. The Kier molecular flexibility index (Phi) is 4.51. The van der Waals surface area contributed by atoms with Crippen molar-refractivity contribution in [3.8, 4) is 0 Å². The number of rotatable bonds is 7. The number of nitrogens with two attached hydrogens (primary N) is 1. The summed E-state index contributed by atoms with van der Waals surface area (Å²) in [7, 11) is 0. The number of hydrogen-bond acceptors (Lipinski definition) is 4. The van der Waals surface area contributed by atoms with E-state index >= 15 is 0 Å². The molecule has 1 aromatic heterocycles. The minimum atomic E-state index is -0.530. The predicted molar refractivity (Wildman–Crippen MR) is 65.9 cm³/mol. The minimum absolute atomic E-state index is 0.288. The fourth-order valence-electron chi connectivity index (χ4n) is 1.34. The maximum absolute atomic E-state index is 11.1. The van der Waals surface area contributed by atoms with Crippen molar-refractivity contribution in [2.45, 2.75) is 32.8 Å². The van der Waals surface area contributed by atoms with Crippen LogP contribution in [0.25, 0.3) is 0 Å². The van der Waals surface area contributed by atoms with E-state index in [0.29, 0.717) is 19.0 Å². The normalized spacial score (nSPS) is 11.5. The van der Waals surface area contributed by atoms with Gasteiger partial charge in [0.25, 0.3) is 5.91 Å². The zero-order valence-electron chi connectivity index (χ0n) is 10.5. The molecule has 1 heterocycles. The Morgan fingerprint density at radius 2 is 2.35 bits per heavy atom. The van der Waals surface area contributed by atoms with Crippen LogP contribution in [0.3, 0.4) is 0 Å². The van der Waals surface area contributed by atoms with Crippen molar-refractivity contribution >= 4 is 11.7 Å². The average molecular weight is 240 g/mol. The molecule has 4 N–H and O–H groups in total. The monoisotopic (exact) mass is 240 g/mol. The summed E-state index contributed by atoms with van der Waals surface area (Å²) in [5, 5.41) is 3.06. The van der Waals surface area contributed by atoms with Crippen molar-refractivity contribution in [2.75, 3.05) is 18.5 Å². The summed E-state index contributed by atoms with van der Waals surface area (Å²) in [5.74, 6) is -0.0667. The second-order valence-electron chi connectivity index (χ2n) is 4.45. The van der Waals surface area contributed by atoms with Crippen LogP contribution in [0.1, 0.15) is 37.7 Å². The highest BCUT2D eigenvalue weighted by molar-refractivity contribution is 5.95. The number of aromatic amines is 1. The molecular formula is C11H20N4O2. The zero-order valence-corrected chi connectivity index (χ0v) is 10.5. The molecule has 6 nitrogen and oxygen atoms in total. The van der Waals surface area contributed by atoms with E-state index in [9.17, 15) is 4.79 Å². The van der Waals surface area contributed by atoms with E-state index in [4.69, 9.17) is 10.5 Å². The van der Waals surface area contributed by atoms with E-state index in [0.717, 1.165) is 6.42 Å².